The van der Waals surface area contributed by atoms with E-state index in [1.165, 1.54) is 0 Å². The number of nitrogens with zero attached hydrogens (tertiary/aromatic N) is 1. The Morgan fingerprint density at radius 1 is 1.04 bits per heavy atom. The number of alkyl halides is 1. The molecule has 1 aliphatic heterocycles. The highest BCUT2D eigenvalue weighted by Gasteiger charge is 2.35. The smallest absolute Gasteiger partial charge is 0.268 e. The number of carbonyl (C=O) groups excluding carboxylic acids is 2. The Balaban J connectivity index is 1.86. The lowest BCUT2D eigenvalue weighted by Gasteiger charge is -2.14. The number of thioether (sulfide) groups is 1. The molecule has 0 unspecified atom stereocenters. The number of imide groups is 1. The molecule has 0 aliphatic carbocycles. The number of amides is 2. The maximum Gasteiger partial charge on any atom is 0.293 e. The van der Waals surface area contributed by atoms with Crippen LogP contribution in [0.4, 0.5) is 9.18 Å². The molecule has 1 heterocycles. The molecule has 1 saturated heterocycles. The quantitative estimate of drug-likeness (QED) is 0.505. The van der Waals surface area contributed by atoms with E-state index in [1.54, 1.807) is 30.3 Å². The van der Waals surface area contributed by atoms with Crippen molar-refractivity contribution in [2.75, 3.05) is 0 Å². The van der Waals surface area contributed by atoms with Gasteiger partial charge in [0.25, 0.3) is 11.1 Å². The Hall–Kier alpha value is -1.44. The Bertz CT molecular complexity index is 865. The van der Waals surface area contributed by atoms with E-state index in [0.717, 1.165) is 31.2 Å². The summed E-state index contributed by atoms with van der Waals surface area (Å²) in [6, 6.07) is 12.5. The third kappa shape index (κ3) is 4.22. The second-order valence-corrected chi connectivity index (χ2v) is 8.20. The van der Waals surface area contributed by atoms with Crippen molar-refractivity contribution in [2.24, 2.45) is 0 Å². The van der Waals surface area contributed by atoms with Crippen molar-refractivity contribution in [2.45, 2.75) is 13.2 Å². The molecule has 128 valence electrons. The van der Waals surface area contributed by atoms with Crippen LogP contribution in [0.25, 0.3) is 6.08 Å². The van der Waals surface area contributed by atoms with Crippen LogP contribution in [0.3, 0.4) is 0 Å². The van der Waals surface area contributed by atoms with Crippen molar-refractivity contribution < 1.29 is 14.0 Å². The van der Waals surface area contributed by atoms with Crippen molar-refractivity contribution >= 4 is 60.8 Å². The molecule has 7 heteroatoms. The van der Waals surface area contributed by atoms with Crippen LogP contribution in [-0.4, -0.2) is 16.0 Å². The van der Waals surface area contributed by atoms with Gasteiger partial charge in [0.1, 0.15) is 6.67 Å². The highest BCUT2D eigenvalue weighted by molar-refractivity contribution is 9.11. The molecular formula is C18H12Br2FNO2S. The first-order chi connectivity index (χ1) is 12.0. The summed E-state index contributed by atoms with van der Waals surface area (Å²) in [6.45, 7) is -0.557. The maximum absolute atomic E-state index is 13.1. The zero-order valence-electron chi connectivity index (χ0n) is 12.8. The van der Waals surface area contributed by atoms with Gasteiger partial charge in [0.05, 0.1) is 11.4 Å². The average Bonchev–Trinajstić information content (AvgIpc) is 2.82. The van der Waals surface area contributed by atoms with Gasteiger partial charge in [0, 0.05) is 8.95 Å². The van der Waals surface area contributed by atoms with Gasteiger partial charge in [-0.1, -0.05) is 56.1 Å². The van der Waals surface area contributed by atoms with E-state index in [0.29, 0.717) is 16.0 Å². The summed E-state index contributed by atoms with van der Waals surface area (Å²) >= 11 is 7.69. The topological polar surface area (TPSA) is 37.4 Å². The summed E-state index contributed by atoms with van der Waals surface area (Å²) in [6.07, 6.45) is 1.68. The van der Waals surface area contributed by atoms with Crippen LogP contribution in [0.2, 0.25) is 0 Å². The molecule has 0 bridgehead atoms. The zero-order valence-corrected chi connectivity index (χ0v) is 16.8. The van der Waals surface area contributed by atoms with Crippen LogP contribution in [-0.2, 0) is 18.0 Å². The molecule has 0 N–H and O–H groups in total. The molecule has 1 aliphatic rings. The standard InChI is InChI=1S/C18H12Br2FNO2S/c19-14-5-11(6-15(20)8-14)7-16-17(23)22(18(24)25-16)10-13-4-2-1-3-12(13)9-21/h1-8H,9-10H2. The van der Waals surface area contributed by atoms with E-state index in [-0.39, 0.29) is 17.7 Å². The Kier molecular flexibility index (Phi) is 5.76. The highest BCUT2D eigenvalue weighted by Crippen LogP contribution is 2.34. The summed E-state index contributed by atoms with van der Waals surface area (Å²) in [4.78, 5) is 26.3. The van der Waals surface area contributed by atoms with Gasteiger partial charge >= 0.3 is 0 Å². The fraction of sp³-hybridized carbons (Fsp3) is 0.111. The van der Waals surface area contributed by atoms with Gasteiger partial charge in [-0.15, -0.1) is 0 Å². The summed E-state index contributed by atoms with van der Waals surface area (Å²) in [5, 5.41) is -0.348. The van der Waals surface area contributed by atoms with Crippen molar-refractivity contribution in [1.29, 1.82) is 0 Å². The summed E-state index contributed by atoms with van der Waals surface area (Å²) in [7, 11) is 0. The van der Waals surface area contributed by atoms with E-state index in [1.807, 2.05) is 18.2 Å². The molecule has 0 radical (unpaired) electrons. The lowest BCUT2D eigenvalue weighted by molar-refractivity contribution is -0.123. The normalized spacial score (nSPS) is 16.1. The Morgan fingerprint density at radius 2 is 1.68 bits per heavy atom. The van der Waals surface area contributed by atoms with Gasteiger partial charge in [0.2, 0.25) is 0 Å². The molecule has 2 aromatic rings. The van der Waals surface area contributed by atoms with Gasteiger partial charge in [-0.25, -0.2) is 4.39 Å². The molecule has 3 nitrogen and oxygen atoms in total. The molecule has 0 saturated carbocycles. The van der Waals surface area contributed by atoms with Crippen molar-refractivity contribution in [3.05, 3.63) is 73.0 Å². The van der Waals surface area contributed by atoms with Crippen LogP contribution < -0.4 is 0 Å². The molecule has 0 aromatic heterocycles. The van der Waals surface area contributed by atoms with Gasteiger partial charge in [-0.3, -0.25) is 14.5 Å². The maximum atomic E-state index is 13.1. The predicted molar refractivity (Wildman–Crippen MR) is 105 cm³/mol. The number of benzene rings is 2. The van der Waals surface area contributed by atoms with E-state index in [9.17, 15) is 14.0 Å². The van der Waals surface area contributed by atoms with Crippen LogP contribution in [0.15, 0.2) is 56.3 Å². The number of halogens is 3. The average molecular weight is 485 g/mol. The predicted octanol–water partition coefficient (Wildman–Crippen LogP) is 5.92. The summed E-state index contributed by atoms with van der Waals surface area (Å²) in [5.41, 5.74) is 1.93. The minimum Gasteiger partial charge on any atom is -0.268 e. The van der Waals surface area contributed by atoms with Crippen LogP contribution in [0.1, 0.15) is 16.7 Å². The van der Waals surface area contributed by atoms with E-state index >= 15 is 0 Å². The molecule has 0 atom stereocenters. The zero-order chi connectivity index (χ0) is 18.0. The molecule has 0 spiro atoms. The summed E-state index contributed by atoms with van der Waals surface area (Å²) in [5.74, 6) is -0.361. The van der Waals surface area contributed by atoms with Crippen molar-refractivity contribution in [3.63, 3.8) is 0 Å². The number of carbonyl (C=O) groups is 2. The van der Waals surface area contributed by atoms with E-state index in [4.69, 9.17) is 0 Å². The molecule has 1 fully saturated rings. The van der Waals surface area contributed by atoms with Crippen LogP contribution >= 0.6 is 43.6 Å². The third-order valence-corrected chi connectivity index (χ3v) is 5.47. The lowest BCUT2D eigenvalue weighted by atomic mass is 10.1. The number of rotatable bonds is 4. The van der Waals surface area contributed by atoms with Gasteiger partial charge in [0.15, 0.2) is 0 Å². The van der Waals surface area contributed by atoms with Crippen molar-refractivity contribution in [3.8, 4) is 0 Å². The van der Waals surface area contributed by atoms with Gasteiger partial charge in [-0.05, 0) is 52.7 Å². The first-order valence-electron chi connectivity index (χ1n) is 7.32. The molecule has 2 amide bonds. The van der Waals surface area contributed by atoms with E-state index in [2.05, 4.69) is 31.9 Å². The lowest BCUT2D eigenvalue weighted by Crippen LogP contribution is -2.28. The largest absolute Gasteiger partial charge is 0.293 e. The monoisotopic (exact) mass is 483 g/mol. The third-order valence-electron chi connectivity index (χ3n) is 3.65. The highest BCUT2D eigenvalue weighted by atomic mass is 79.9. The van der Waals surface area contributed by atoms with Crippen LogP contribution in [0.5, 0.6) is 0 Å². The summed E-state index contributed by atoms with van der Waals surface area (Å²) < 4.78 is 14.8. The number of hydrogen-bond donors (Lipinski definition) is 0. The first-order valence-corrected chi connectivity index (χ1v) is 9.72. The molecule has 3 rings (SSSR count). The fourth-order valence-corrected chi connectivity index (χ4v) is 4.63. The second kappa shape index (κ2) is 7.85. The Morgan fingerprint density at radius 3 is 2.32 bits per heavy atom. The minimum absolute atomic E-state index is 0.0737. The number of hydrogen-bond acceptors (Lipinski definition) is 3. The van der Waals surface area contributed by atoms with Gasteiger partial charge < -0.3 is 0 Å². The Labute approximate surface area is 165 Å². The second-order valence-electron chi connectivity index (χ2n) is 5.37. The molecule has 25 heavy (non-hydrogen) atoms. The SMILES string of the molecule is O=C1SC(=Cc2cc(Br)cc(Br)c2)C(=O)N1Cc1ccccc1CF. The van der Waals surface area contributed by atoms with E-state index < -0.39 is 6.67 Å². The van der Waals surface area contributed by atoms with Crippen molar-refractivity contribution in [1.82, 2.24) is 4.90 Å². The molecule has 2 aromatic carbocycles. The van der Waals surface area contributed by atoms with Gasteiger partial charge in [-0.2, -0.15) is 0 Å². The van der Waals surface area contributed by atoms with Crippen LogP contribution in [0, 0.1) is 0 Å². The molecular weight excluding hydrogens is 473 g/mol. The fourth-order valence-electron chi connectivity index (χ4n) is 2.46. The first kappa shape index (κ1) is 18.4. The minimum atomic E-state index is -0.631.